The first-order chi connectivity index (χ1) is 16.5. The average Bonchev–Trinajstić information content (AvgIpc) is 3.21. The molecule has 0 spiro atoms. The predicted octanol–water partition coefficient (Wildman–Crippen LogP) is 6.24. The third-order valence-corrected chi connectivity index (χ3v) is 7.52. The highest BCUT2D eigenvalue weighted by molar-refractivity contribution is 7.99. The number of amides is 1. The Kier molecular flexibility index (Phi) is 6.97. The molecule has 2 aliphatic rings. The van der Waals surface area contributed by atoms with Crippen molar-refractivity contribution in [3.63, 3.8) is 0 Å². The Labute approximate surface area is 211 Å². The summed E-state index contributed by atoms with van der Waals surface area (Å²) < 4.78 is 15.0. The number of hydrogen-bond donors (Lipinski definition) is 1. The Hall–Kier alpha value is -2.32. The van der Waals surface area contributed by atoms with Gasteiger partial charge in [0.2, 0.25) is 0 Å². The first-order valence-corrected chi connectivity index (χ1v) is 13.1. The second kappa shape index (κ2) is 10.1. The summed E-state index contributed by atoms with van der Waals surface area (Å²) in [5.41, 5.74) is 7.63. The summed E-state index contributed by atoms with van der Waals surface area (Å²) in [6.45, 7) is 1.66. The first-order valence-electron chi connectivity index (χ1n) is 11.2. The molecule has 9 heteroatoms. The predicted molar refractivity (Wildman–Crippen MR) is 137 cm³/mol. The number of aromatic nitrogens is 2. The van der Waals surface area contributed by atoms with Gasteiger partial charge in [0.15, 0.2) is 0 Å². The summed E-state index contributed by atoms with van der Waals surface area (Å²) in [4.78, 5) is 13.6. The van der Waals surface area contributed by atoms with Crippen LogP contribution in [-0.4, -0.2) is 39.5 Å². The fourth-order valence-corrected chi connectivity index (χ4v) is 5.82. The van der Waals surface area contributed by atoms with Gasteiger partial charge in [-0.3, -0.25) is 10.2 Å². The van der Waals surface area contributed by atoms with Gasteiger partial charge in [-0.2, -0.15) is 16.9 Å². The Bertz CT molecular complexity index is 1250. The normalized spacial score (nSPS) is 17.6. The molecule has 0 aliphatic carbocycles. The molecule has 5 nitrogen and oxygen atoms in total. The largest absolute Gasteiger partial charge is 0.284 e. The van der Waals surface area contributed by atoms with Crippen LogP contribution in [0.3, 0.4) is 0 Å². The molecule has 3 aromatic rings. The van der Waals surface area contributed by atoms with Crippen molar-refractivity contribution in [2.45, 2.75) is 25.0 Å². The van der Waals surface area contributed by atoms with E-state index in [1.54, 1.807) is 46.8 Å². The molecule has 1 amide bonds. The Morgan fingerprint density at radius 2 is 1.82 bits per heavy atom. The van der Waals surface area contributed by atoms with Crippen LogP contribution in [0.15, 0.2) is 42.5 Å². The van der Waals surface area contributed by atoms with Gasteiger partial charge in [0.25, 0.3) is 5.91 Å². The lowest BCUT2D eigenvalue weighted by molar-refractivity contribution is 0.0741. The van der Waals surface area contributed by atoms with Crippen LogP contribution in [0.1, 0.15) is 46.6 Å². The molecular weight excluding hydrogens is 494 g/mol. The lowest BCUT2D eigenvalue weighted by Crippen LogP contribution is -2.45. The average molecular weight is 517 g/mol. The highest BCUT2D eigenvalue weighted by atomic mass is 35.5. The number of hydrogen-bond acceptors (Lipinski definition) is 4. The summed E-state index contributed by atoms with van der Waals surface area (Å²) >= 11 is 14.4. The maximum atomic E-state index is 13.6. The van der Waals surface area contributed by atoms with Crippen molar-refractivity contribution in [3.05, 3.63) is 80.8 Å². The number of nitrogens with one attached hydrogen (secondary N) is 1. The molecular formula is C25H23Cl2FN4OS. The summed E-state index contributed by atoms with van der Waals surface area (Å²) in [6, 6.07) is 11.5. The van der Waals surface area contributed by atoms with Crippen LogP contribution in [0.4, 0.5) is 4.39 Å². The third-order valence-electron chi connectivity index (χ3n) is 5.97. The van der Waals surface area contributed by atoms with E-state index in [1.807, 2.05) is 11.1 Å². The molecule has 5 rings (SSSR count). The van der Waals surface area contributed by atoms with E-state index in [9.17, 15) is 9.18 Å². The number of carbonyl (C=O) groups is 1. The number of rotatable bonds is 4. The minimum atomic E-state index is -0.279. The summed E-state index contributed by atoms with van der Waals surface area (Å²) in [5.74, 6) is 0.914. The third kappa shape index (κ3) is 4.89. The molecule has 3 heterocycles. The molecule has 0 bridgehead atoms. The molecule has 1 saturated heterocycles. The van der Waals surface area contributed by atoms with Gasteiger partial charge in [0.1, 0.15) is 11.5 Å². The van der Waals surface area contributed by atoms with Crippen LogP contribution < -0.4 is 5.43 Å². The van der Waals surface area contributed by atoms with E-state index in [0.29, 0.717) is 27.2 Å². The van der Waals surface area contributed by atoms with Crippen LogP contribution in [0.2, 0.25) is 10.0 Å². The fourth-order valence-electron chi connectivity index (χ4n) is 4.31. The van der Waals surface area contributed by atoms with E-state index < -0.39 is 0 Å². The number of piperidine rings is 1. The maximum absolute atomic E-state index is 13.6. The van der Waals surface area contributed by atoms with Crippen molar-refractivity contribution < 1.29 is 9.18 Å². The fraction of sp³-hybridized carbons (Fsp3) is 0.280. The monoisotopic (exact) mass is 516 g/mol. The van der Waals surface area contributed by atoms with E-state index in [4.69, 9.17) is 28.3 Å². The minimum absolute atomic E-state index is 0.203. The highest BCUT2D eigenvalue weighted by Gasteiger charge is 2.30. The smallest absolute Gasteiger partial charge is 0.283 e. The molecule has 176 valence electrons. The van der Waals surface area contributed by atoms with Gasteiger partial charge in [0, 0.05) is 35.2 Å². The second-order valence-electron chi connectivity index (χ2n) is 8.39. The number of hydrazine groups is 1. The van der Waals surface area contributed by atoms with Crippen molar-refractivity contribution in [2.24, 2.45) is 0 Å². The number of fused-ring (bicyclic) bond motifs is 1. The number of carbonyl (C=O) groups excluding carboxylic acids is 1. The van der Waals surface area contributed by atoms with E-state index in [0.717, 1.165) is 54.1 Å². The zero-order valence-electron chi connectivity index (χ0n) is 18.4. The number of benzene rings is 2. The molecule has 2 aliphatic heterocycles. The van der Waals surface area contributed by atoms with Gasteiger partial charge in [-0.15, -0.1) is 0 Å². The molecule has 1 aromatic heterocycles. The van der Waals surface area contributed by atoms with Crippen molar-refractivity contribution in [2.75, 3.05) is 18.8 Å². The molecule has 34 heavy (non-hydrogen) atoms. The molecule has 0 radical (unpaired) electrons. The highest BCUT2D eigenvalue weighted by Crippen LogP contribution is 2.37. The number of halogens is 3. The number of thioether (sulfide) groups is 1. The SMILES string of the molecule is O=C(NN1CCCCC1)c1c2c(nn1-c1ccc(Cl)cc1Cl)C(=Cc1ccc(F)cc1)CSC2. The van der Waals surface area contributed by atoms with E-state index >= 15 is 0 Å². The molecule has 1 fully saturated rings. The minimum Gasteiger partial charge on any atom is -0.283 e. The standard InChI is InChI=1S/C25H23Cl2FN4OS/c26-18-6-9-22(21(27)13-18)32-24(25(33)30-31-10-2-1-3-11-31)20-15-34-14-17(23(20)29-32)12-16-4-7-19(28)8-5-16/h4-9,12-13H,1-3,10-11,14-15H2,(H,30,33). The van der Waals surface area contributed by atoms with E-state index in [1.165, 1.54) is 18.6 Å². The zero-order chi connectivity index (χ0) is 23.7. The topological polar surface area (TPSA) is 50.2 Å². The molecule has 0 saturated carbocycles. The lowest BCUT2D eigenvalue weighted by atomic mass is 10.0. The summed E-state index contributed by atoms with van der Waals surface area (Å²) in [5, 5.41) is 7.78. The van der Waals surface area contributed by atoms with Crippen molar-refractivity contribution >= 4 is 52.5 Å². The Morgan fingerprint density at radius 1 is 1.06 bits per heavy atom. The van der Waals surface area contributed by atoms with Gasteiger partial charge < -0.3 is 0 Å². The van der Waals surface area contributed by atoms with Crippen molar-refractivity contribution in [1.29, 1.82) is 0 Å². The first kappa shape index (κ1) is 23.4. The molecule has 1 N–H and O–H groups in total. The van der Waals surface area contributed by atoms with Gasteiger partial charge in [0.05, 0.1) is 16.4 Å². The molecule has 0 atom stereocenters. The number of nitrogens with zero attached hydrogens (tertiary/aromatic N) is 3. The van der Waals surface area contributed by atoms with Gasteiger partial charge in [-0.05, 0) is 60.4 Å². The van der Waals surface area contributed by atoms with E-state index in [-0.39, 0.29) is 11.7 Å². The summed E-state index contributed by atoms with van der Waals surface area (Å²) in [7, 11) is 0. The van der Waals surface area contributed by atoms with Crippen molar-refractivity contribution in [3.8, 4) is 5.69 Å². The van der Waals surface area contributed by atoms with Crippen LogP contribution in [0.5, 0.6) is 0 Å². The Morgan fingerprint density at radius 3 is 2.56 bits per heavy atom. The van der Waals surface area contributed by atoms with Crippen LogP contribution in [-0.2, 0) is 5.75 Å². The maximum Gasteiger partial charge on any atom is 0.284 e. The van der Waals surface area contributed by atoms with Crippen LogP contribution in [0, 0.1) is 5.82 Å². The van der Waals surface area contributed by atoms with Crippen LogP contribution >= 0.6 is 35.0 Å². The zero-order valence-corrected chi connectivity index (χ0v) is 20.7. The molecule has 0 unspecified atom stereocenters. The summed E-state index contributed by atoms with van der Waals surface area (Å²) in [6.07, 6.45) is 5.29. The van der Waals surface area contributed by atoms with Crippen molar-refractivity contribution in [1.82, 2.24) is 20.2 Å². The lowest BCUT2D eigenvalue weighted by Gasteiger charge is -2.27. The quantitative estimate of drug-likeness (QED) is 0.446. The van der Waals surface area contributed by atoms with E-state index in [2.05, 4.69) is 5.43 Å². The second-order valence-corrected chi connectivity index (χ2v) is 10.2. The van der Waals surface area contributed by atoms with Gasteiger partial charge >= 0.3 is 0 Å². The Balaban J connectivity index is 1.61. The van der Waals surface area contributed by atoms with Crippen LogP contribution in [0.25, 0.3) is 17.3 Å². The molecule has 2 aromatic carbocycles. The van der Waals surface area contributed by atoms with Gasteiger partial charge in [-0.1, -0.05) is 41.8 Å². The van der Waals surface area contributed by atoms with Gasteiger partial charge in [-0.25, -0.2) is 14.1 Å².